The molecule has 5 heterocycles. The molecule has 9 rings (SSSR count). The van der Waals surface area contributed by atoms with Crippen molar-refractivity contribution >= 4 is 46.8 Å². The van der Waals surface area contributed by atoms with E-state index in [0.29, 0.717) is 25.9 Å². The normalized spacial score (nSPS) is 21.4. The maximum atomic E-state index is 13.9. The van der Waals surface area contributed by atoms with E-state index >= 15 is 0 Å². The minimum Gasteiger partial charge on any atom is -0.453 e. The predicted octanol–water partition coefficient (Wildman–Crippen LogP) is 8.45. The monoisotopic (exact) mass is 872 g/mol. The molecule has 338 valence electrons. The molecular weight excluding hydrogens is 813 g/mol. The van der Waals surface area contributed by atoms with Crippen LogP contribution in [0.5, 0.6) is 11.5 Å². The van der Waals surface area contributed by atoms with E-state index in [2.05, 4.69) is 59.2 Å². The molecule has 1 spiro atoms. The maximum Gasteiger partial charge on any atom is 0.407 e. The van der Waals surface area contributed by atoms with Crippen molar-refractivity contribution in [3.05, 3.63) is 59.7 Å². The molecule has 4 amide bonds. The topological polar surface area (TPSA) is 160 Å². The number of alkyl carbamates (subject to hydrolysis) is 2. The van der Waals surface area contributed by atoms with E-state index < -0.39 is 30.1 Å². The Bertz CT molecular complexity index is 2260. The lowest BCUT2D eigenvalue weighted by Gasteiger charge is -2.31. The second-order valence-electron chi connectivity index (χ2n) is 18.8. The quantitative estimate of drug-likeness (QED) is 0.205. The summed E-state index contributed by atoms with van der Waals surface area (Å²) in [5.74, 6) is 0.357. The lowest BCUT2D eigenvalue weighted by Crippen LogP contribution is -2.53. The number of hydrogen-bond donors (Lipinski definition) is 2. The Hall–Kier alpha value is -5.92. The molecule has 14 heteroatoms. The third-order valence-electron chi connectivity index (χ3n) is 14.0. The zero-order valence-electron chi connectivity index (χ0n) is 37.8. The highest BCUT2D eigenvalue weighted by molar-refractivity contribution is 6.03. The van der Waals surface area contributed by atoms with E-state index in [-0.39, 0.29) is 35.7 Å². The van der Waals surface area contributed by atoms with Gasteiger partial charge in [0.15, 0.2) is 11.5 Å². The Kier molecular flexibility index (Phi) is 11.9. The summed E-state index contributed by atoms with van der Waals surface area (Å²) >= 11 is 0. The molecule has 2 N–H and O–H groups in total. The number of benzene rings is 3. The van der Waals surface area contributed by atoms with Crippen molar-refractivity contribution in [2.75, 3.05) is 27.3 Å². The molecule has 6 aliphatic rings. The zero-order valence-corrected chi connectivity index (χ0v) is 37.8. The van der Waals surface area contributed by atoms with Crippen molar-refractivity contribution < 1.29 is 38.1 Å². The Labute approximate surface area is 375 Å². The number of carbonyl (C=O) groups excluding carboxylic acids is 4. The summed E-state index contributed by atoms with van der Waals surface area (Å²) in [4.78, 5) is 65.9. The van der Waals surface area contributed by atoms with Crippen LogP contribution in [0, 0.1) is 11.8 Å². The van der Waals surface area contributed by atoms with E-state index in [9.17, 15) is 19.2 Å². The van der Waals surface area contributed by atoms with Gasteiger partial charge in [-0.1, -0.05) is 46.2 Å². The van der Waals surface area contributed by atoms with Gasteiger partial charge in [0, 0.05) is 61.3 Å². The van der Waals surface area contributed by atoms with Crippen LogP contribution in [-0.2, 0) is 31.9 Å². The average Bonchev–Trinajstić information content (AvgIpc) is 4.15. The molecule has 0 unspecified atom stereocenters. The van der Waals surface area contributed by atoms with Gasteiger partial charge in [0.1, 0.15) is 12.1 Å². The number of hydrogen-bond acceptors (Lipinski definition) is 10. The molecule has 3 aromatic carbocycles. The van der Waals surface area contributed by atoms with Crippen LogP contribution in [0.4, 0.5) is 21.0 Å². The molecule has 3 fully saturated rings. The van der Waals surface area contributed by atoms with Crippen molar-refractivity contribution in [2.24, 2.45) is 21.8 Å². The average molecular weight is 873 g/mol. The molecule has 0 bridgehead atoms. The number of rotatable bonds is 10. The van der Waals surface area contributed by atoms with E-state index in [1.54, 1.807) is 0 Å². The number of likely N-dealkylation sites (tertiary alicyclic amines) is 2. The van der Waals surface area contributed by atoms with Gasteiger partial charge in [0.25, 0.3) is 5.79 Å². The fourth-order valence-corrected chi connectivity index (χ4v) is 10.6. The van der Waals surface area contributed by atoms with E-state index in [4.69, 9.17) is 28.9 Å². The van der Waals surface area contributed by atoms with Gasteiger partial charge in [-0.3, -0.25) is 19.6 Å². The van der Waals surface area contributed by atoms with Crippen molar-refractivity contribution in [1.82, 2.24) is 20.4 Å². The summed E-state index contributed by atoms with van der Waals surface area (Å²) < 4.78 is 23.6. The van der Waals surface area contributed by atoms with Crippen molar-refractivity contribution in [3.63, 3.8) is 0 Å². The summed E-state index contributed by atoms with van der Waals surface area (Å²) in [5.41, 5.74) is 9.88. The second kappa shape index (κ2) is 17.6. The molecule has 64 heavy (non-hydrogen) atoms. The smallest absolute Gasteiger partial charge is 0.407 e. The van der Waals surface area contributed by atoms with Gasteiger partial charge in [-0.05, 0) is 109 Å². The first-order valence-electron chi connectivity index (χ1n) is 23.1. The number of nitrogens with zero attached hydrogens (tertiary/aromatic N) is 4. The minimum absolute atomic E-state index is 0.107. The van der Waals surface area contributed by atoms with Gasteiger partial charge in [-0.25, -0.2) is 9.59 Å². The van der Waals surface area contributed by atoms with Gasteiger partial charge >= 0.3 is 12.2 Å². The lowest BCUT2D eigenvalue weighted by atomic mass is 9.94. The highest BCUT2D eigenvalue weighted by atomic mass is 16.7. The number of aliphatic imine (C=N–C) groups is 2. The number of fused-ring (bicyclic) bond motifs is 3. The molecule has 1 saturated carbocycles. The number of nitrogens with one attached hydrogen (secondary N) is 2. The van der Waals surface area contributed by atoms with Crippen LogP contribution < -0.4 is 20.1 Å². The van der Waals surface area contributed by atoms with Crippen LogP contribution in [0.15, 0.2) is 58.5 Å². The van der Waals surface area contributed by atoms with Gasteiger partial charge in [-0.15, -0.1) is 0 Å². The predicted molar refractivity (Wildman–Crippen MR) is 244 cm³/mol. The molecule has 3 aromatic rings. The first-order chi connectivity index (χ1) is 30.9. The summed E-state index contributed by atoms with van der Waals surface area (Å²) in [6, 6.07) is 15.4. The third kappa shape index (κ3) is 8.08. The number of carbonyl (C=O) groups is 4. The minimum atomic E-state index is -0.713. The Morgan fingerprint density at radius 3 is 1.48 bits per heavy atom. The molecule has 2 saturated heterocycles. The summed E-state index contributed by atoms with van der Waals surface area (Å²) in [6.45, 7) is 8.92. The third-order valence-corrected chi connectivity index (χ3v) is 14.0. The maximum absolute atomic E-state index is 13.9. The molecule has 0 aromatic heterocycles. The molecular formula is C50H60N6O8. The van der Waals surface area contributed by atoms with Crippen LogP contribution in [0.1, 0.15) is 96.6 Å². The Morgan fingerprint density at radius 2 is 1.08 bits per heavy atom. The zero-order chi connectivity index (χ0) is 44.9. The standard InChI is InChI=1S/C50H60N6O8/c1-28(2)42(53-48(59)61-5)46(57)55-22-10-12-40(55)38-26-32-24-30(14-18-36(32)51-38)34-16-17-35(45-44(34)63-50(64-45)20-8-7-9-21-50)31-15-19-37-33(25-31)27-39(52-37)41-13-11-23-56(41)47(58)43(29(3)4)54-49(60)62-6/h14-19,24-25,28-29,40-43H,7-13,20-23,26-27H2,1-6H3,(H,53,59)(H,54,60)/t40-,41-,42-,43-/m0/s1. The lowest BCUT2D eigenvalue weighted by molar-refractivity contribution is -0.134. The van der Waals surface area contributed by atoms with E-state index in [1.165, 1.54) is 14.2 Å². The van der Waals surface area contributed by atoms with Gasteiger partial charge < -0.3 is 39.4 Å². The van der Waals surface area contributed by atoms with Crippen LogP contribution in [0.2, 0.25) is 0 Å². The van der Waals surface area contributed by atoms with Crippen molar-refractivity contribution in [1.29, 1.82) is 0 Å². The summed E-state index contributed by atoms with van der Waals surface area (Å²) in [7, 11) is 2.61. The fourth-order valence-electron chi connectivity index (χ4n) is 10.6. The molecule has 4 atom stereocenters. The molecule has 5 aliphatic heterocycles. The second-order valence-corrected chi connectivity index (χ2v) is 18.8. The van der Waals surface area contributed by atoms with Crippen LogP contribution in [-0.4, -0.2) is 102 Å². The summed E-state index contributed by atoms with van der Waals surface area (Å²) in [6.07, 6.45) is 8.25. The number of amides is 4. The first-order valence-corrected chi connectivity index (χ1v) is 23.1. The van der Waals surface area contributed by atoms with Crippen molar-refractivity contribution in [3.8, 4) is 33.8 Å². The molecule has 0 radical (unpaired) electrons. The van der Waals surface area contributed by atoms with Gasteiger partial charge in [-0.2, -0.15) is 0 Å². The first kappa shape index (κ1) is 43.3. The van der Waals surface area contributed by atoms with Crippen LogP contribution >= 0.6 is 0 Å². The van der Waals surface area contributed by atoms with E-state index in [1.807, 2.05) is 37.5 Å². The van der Waals surface area contributed by atoms with Crippen LogP contribution in [0.25, 0.3) is 22.3 Å². The molecule has 1 aliphatic carbocycles. The molecule has 14 nitrogen and oxygen atoms in total. The van der Waals surface area contributed by atoms with E-state index in [0.717, 1.165) is 125 Å². The summed E-state index contributed by atoms with van der Waals surface area (Å²) in [5, 5.41) is 5.50. The Morgan fingerprint density at radius 1 is 0.641 bits per heavy atom. The number of methoxy groups -OCH3 is 2. The van der Waals surface area contributed by atoms with Gasteiger partial charge in [0.05, 0.1) is 37.7 Å². The largest absolute Gasteiger partial charge is 0.453 e. The van der Waals surface area contributed by atoms with Crippen LogP contribution in [0.3, 0.4) is 0 Å². The highest BCUT2D eigenvalue weighted by Crippen LogP contribution is 2.55. The number of ether oxygens (including phenoxy) is 4. The fraction of sp³-hybridized carbons (Fsp3) is 0.520. The Balaban J connectivity index is 0.960. The van der Waals surface area contributed by atoms with Gasteiger partial charge in [0.2, 0.25) is 11.8 Å². The SMILES string of the molecule is COC(=O)N[C@H](C(=O)N1CCC[C@H]1C1=Nc2ccc(-c3ccc(-c4ccc5c(c4)CC([C@@H]4CCCN4C(=O)[C@@H](NC(=O)OC)C(C)C)=N5)c4c3OC3(CCCCC3)O4)cc2C1)C(C)C. The highest BCUT2D eigenvalue weighted by Gasteiger charge is 2.46. The van der Waals surface area contributed by atoms with Crippen molar-refractivity contribution in [2.45, 2.75) is 128 Å².